The first-order chi connectivity index (χ1) is 33.6. The molecule has 0 spiro atoms. The number of aromatic nitrogens is 2. The maximum atomic E-state index is 17.5. The predicted octanol–water partition coefficient (Wildman–Crippen LogP) is 19.0. The SMILES string of the molecule is FC(F)(F)c1cccc(-c2cc(-c3cccc(C(F)(F)F)c3)c(-n3c4ccccc4c4c5c(ccc43)sc3ccccc35)c(C(F)(F)F)c2-n2c3ccccc3c3c4c(ccc32)sc2ccccc24)c1. The molecule has 0 saturated heterocycles. The van der Waals surface area contributed by atoms with E-state index in [2.05, 4.69) is 0 Å². The average molecular weight is 977 g/mol. The van der Waals surface area contributed by atoms with Crippen LogP contribution in [0.25, 0.3) is 118 Å². The number of fused-ring (bicyclic) bond motifs is 14. The van der Waals surface area contributed by atoms with Crippen LogP contribution in [0.3, 0.4) is 0 Å². The summed E-state index contributed by atoms with van der Waals surface area (Å²) in [5.74, 6) is 0. The van der Waals surface area contributed by atoms with E-state index >= 15 is 13.2 Å². The number of alkyl halides is 9. The molecular formula is C57H29F9N2S2. The highest BCUT2D eigenvalue weighted by Gasteiger charge is 2.43. The van der Waals surface area contributed by atoms with Gasteiger partial charge in [-0.15, -0.1) is 22.7 Å². The second-order valence-electron chi connectivity index (χ2n) is 17.3. The van der Waals surface area contributed by atoms with E-state index in [4.69, 9.17) is 0 Å². The normalized spacial score (nSPS) is 12.9. The molecule has 0 saturated carbocycles. The Hall–Kier alpha value is -7.61. The quantitative estimate of drug-likeness (QED) is 0.156. The number of para-hydroxylation sites is 2. The largest absolute Gasteiger partial charge is 0.420 e. The molecule has 0 amide bonds. The molecule has 4 heterocycles. The second kappa shape index (κ2) is 14.9. The van der Waals surface area contributed by atoms with Crippen LogP contribution in [0.4, 0.5) is 39.5 Å². The summed E-state index contributed by atoms with van der Waals surface area (Å²) in [5.41, 5.74) is -4.10. The molecule has 0 aliphatic heterocycles. The van der Waals surface area contributed by atoms with Crippen molar-refractivity contribution in [2.45, 2.75) is 18.5 Å². The van der Waals surface area contributed by atoms with Crippen molar-refractivity contribution in [1.29, 1.82) is 0 Å². The number of halogens is 9. The molecule has 0 N–H and O–H groups in total. The summed E-state index contributed by atoms with van der Waals surface area (Å²) in [6.45, 7) is 0. The van der Waals surface area contributed by atoms with E-state index < -0.39 is 46.6 Å². The standard InChI is InChI=1S/C57H29F9N2S2/c58-55(59,60)32-13-9-11-30(27-32)38-29-39(31-12-10-14-33(28-31)56(61,62)63)54(68-41-20-6-2-16-35(41)49-43(68)24-26-47-51(49)37-18-4-8-22-45(37)70-47)52(57(64,65)66)53(38)67-40-19-5-1-15-34(40)48-42(67)23-25-46-50(48)36-17-3-7-21-44(36)69-46/h1-29H. The second-order valence-corrected chi connectivity index (χ2v) is 19.4. The Kier molecular flexibility index (Phi) is 9.07. The fraction of sp³-hybridized carbons (Fsp3) is 0.0526. The van der Waals surface area contributed by atoms with Crippen LogP contribution < -0.4 is 0 Å². The third-order valence-electron chi connectivity index (χ3n) is 13.4. The fourth-order valence-electron chi connectivity index (χ4n) is 10.6. The Labute approximate surface area is 398 Å². The van der Waals surface area contributed by atoms with E-state index in [-0.39, 0.29) is 22.3 Å². The van der Waals surface area contributed by atoms with Crippen LogP contribution in [-0.2, 0) is 18.5 Å². The number of hydrogen-bond acceptors (Lipinski definition) is 2. The molecule has 342 valence electrons. The third-order valence-corrected chi connectivity index (χ3v) is 15.6. The van der Waals surface area contributed by atoms with Gasteiger partial charge in [0.2, 0.25) is 0 Å². The summed E-state index contributed by atoms with van der Waals surface area (Å²) in [5, 5.41) is 5.84. The zero-order valence-corrected chi connectivity index (χ0v) is 37.5. The van der Waals surface area contributed by atoms with Crippen molar-refractivity contribution in [3.05, 3.63) is 193 Å². The van der Waals surface area contributed by atoms with E-state index in [1.54, 1.807) is 48.5 Å². The lowest BCUT2D eigenvalue weighted by Gasteiger charge is -2.27. The molecule has 9 aromatic carbocycles. The van der Waals surface area contributed by atoms with Crippen molar-refractivity contribution in [3.63, 3.8) is 0 Å². The molecule has 0 radical (unpaired) electrons. The van der Waals surface area contributed by atoms with E-state index in [0.29, 0.717) is 43.6 Å². The lowest BCUT2D eigenvalue weighted by molar-refractivity contribution is -0.138. The maximum absolute atomic E-state index is 17.5. The Balaban J connectivity index is 1.30. The molecule has 0 aliphatic carbocycles. The van der Waals surface area contributed by atoms with Crippen molar-refractivity contribution < 1.29 is 39.5 Å². The van der Waals surface area contributed by atoms with Crippen molar-refractivity contribution in [2.75, 3.05) is 0 Å². The van der Waals surface area contributed by atoms with Gasteiger partial charge in [-0.05, 0) is 90.0 Å². The van der Waals surface area contributed by atoms with E-state index in [1.165, 1.54) is 50.0 Å². The van der Waals surface area contributed by atoms with E-state index in [0.717, 1.165) is 76.7 Å². The Morgan fingerprint density at radius 2 is 0.714 bits per heavy atom. The topological polar surface area (TPSA) is 9.86 Å². The van der Waals surface area contributed by atoms with Crippen LogP contribution in [0.2, 0.25) is 0 Å². The number of benzene rings is 9. The van der Waals surface area contributed by atoms with Gasteiger partial charge in [-0.2, -0.15) is 39.5 Å². The smallest absolute Gasteiger partial charge is 0.308 e. The molecule has 0 aliphatic rings. The molecule has 4 aromatic heterocycles. The minimum atomic E-state index is -5.31. The third kappa shape index (κ3) is 6.26. The van der Waals surface area contributed by atoms with Crippen LogP contribution in [0, 0.1) is 0 Å². The average Bonchev–Trinajstić information content (AvgIpc) is 4.10. The van der Waals surface area contributed by atoms with Gasteiger partial charge in [0.1, 0.15) is 5.56 Å². The number of rotatable bonds is 4. The van der Waals surface area contributed by atoms with Crippen LogP contribution >= 0.6 is 22.7 Å². The van der Waals surface area contributed by atoms with Crippen LogP contribution in [0.1, 0.15) is 16.7 Å². The summed E-state index contributed by atoms with van der Waals surface area (Å²) in [6.07, 6.45) is -15.1. The first-order valence-electron chi connectivity index (χ1n) is 22.0. The summed E-state index contributed by atoms with van der Waals surface area (Å²) < 4.78 is 147. The van der Waals surface area contributed by atoms with Gasteiger partial charge in [0, 0.05) is 73.0 Å². The van der Waals surface area contributed by atoms with Gasteiger partial charge in [-0.1, -0.05) is 97.1 Å². The summed E-state index contributed by atoms with van der Waals surface area (Å²) >= 11 is 3.06. The predicted molar refractivity (Wildman–Crippen MR) is 267 cm³/mol. The Bertz CT molecular complexity index is 4070. The summed E-state index contributed by atoms with van der Waals surface area (Å²) in [7, 11) is 0. The van der Waals surface area contributed by atoms with Gasteiger partial charge in [-0.3, -0.25) is 0 Å². The fourth-order valence-corrected chi connectivity index (χ4v) is 12.8. The highest BCUT2D eigenvalue weighted by molar-refractivity contribution is 7.26. The van der Waals surface area contributed by atoms with Gasteiger partial charge >= 0.3 is 18.5 Å². The van der Waals surface area contributed by atoms with Crippen LogP contribution in [0.5, 0.6) is 0 Å². The van der Waals surface area contributed by atoms with Crippen LogP contribution in [0.15, 0.2) is 176 Å². The molecule has 0 unspecified atom stereocenters. The zero-order valence-electron chi connectivity index (χ0n) is 35.9. The monoisotopic (exact) mass is 976 g/mol. The minimum absolute atomic E-state index is 0.225. The molecule has 2 nitrogen and oxygen atoms in total. The lowest BCUT2D eigenvalue weighted by Crippen LogP contribution is -2.18. The van der Waals surface area contributed by atoms with Gasteiger partial charge < -0.3 is 9.13 Å². The van der Waals surface area contributed by atoms with E-state index in [1.807, 2.05) is 72.8 Å². The first kappa shape index (κ1) is 42.5. The first-order valence-corrected chi connectivity index (χ1v) is 23.6. The van der Waals surface area contributed by atoms with Crippen molar-refractivity contribution in [2.24, 2.45) is 0 Å². The number of thiophene rings is 2. The summed E-state index contributed by atoms with van der Waals surface area (Å²) in [4.78, 5) is 0. The van der Waals surface area contributed by atoms with Gasteiger partial charge in [0.05, 0.1) is 44.6 Å². The number of nitrogens with zero attached hydrogens (tertiary/aromatic N) is 2. The molecule has 13 rings (SSSR count). The van der Waals surface area contributed by atoms with Gasteiger partial charge in [0.25, 0.3) is 0 Å². The summed E-state index contributed by atoms with van der Waals surface area (Å²) in [6, 6.07) is 46.0. The van der Waals surface area contributed by atoms with Gasteiger partial charge in [-0.25, -0.2) is 0 Å². The highest BCUT2D eigenvalue weighted by atomic mass is 32.1. The Morgan fingerprint density at radius 1 is 0.314 bits per heavy atom. The molecule has 70 heavy (non-hydrogen) atoms. The Morgan fingerprint density at radius 3 is 1.13 bits per heavy atom. The zero-order chi connectivity index (χ0) is 48.0. The van der Waals surface area contributed by atoms with Crippen molar-refractivity contribution in [3.8, 4) is 33.6 Å². The lowest BCUT2D eigenvalue weighted by atomic mass is 9.89. The van der Waals surface area contributed by atoms with Crippen LogP contribution in [-0.4, -0.2) is 9.13 Å². The highest BCUT2D eigenvalue weighted by Crippen LogP contribution is 2.54. The maximum Gasteiger partial charge on any atom is 0.420 e. The number of hydrogen-bond donors (Lipinski definition) is 0. The van der Waals surface area contributed by atoms with Crippen molar-refractivity contribution >= 4 is 107 Å². The molecule has 13 aromatic rings. The molecule has 13 heteroatoms. The molecule has 0 fully saturated rings. The molecule has 0 atom stereocenters. The van der Waals surface area contributed by atoms with E-state index in [9.17, 15) is 26.3 Å². The van der Waals surface area contributed by atoms with Crippen molar-refractivity contribution in [1.82, 2.24) is 9.13 Å². The van der Waals surface area contributed by atoms with Gasteiger partial charge in [0.15, 0.2) is 0 Å². The molecular weight excluding hydrogens is 948 g/mol. The molecule has 0 bridgehead atoms. The minimum Gasteiger partial charge on any atom is -0.308 e.